The number of benzene rings is 1. The number of halogens is 1. The van der Waals surface area contributed by atoms with Gasteiger partial charge in [-0.3, -0.25) is 4.99 Å². The lowest BCUT2D eigenvalue weighted by molar-refractivity contribution is 0.622. The van der Waals surface area contributed by atoms with Gasteiger partial charge in [-0.2, -0.15) is 0 Å². The topological polar surface area (TPSA) is 24.4 Å². The first-order valence-electron chi connectivity index (χ1n) is 6.41. The summed E-state index contributed by atoms with van der Waals surface area (Å²) in [6.45, 7) is 4.34. The number of amidine groups is 1. The summed E-state index contributed by atoms with van der Waals surface area (Å²) in [5.41, 5.74) is 1.20. The van der Waals surface area contributed by atoms with Crippen molar-refractivity contribution in [1.82, 2.24) is 5.32 Å². The molecule has 1 aliphatic rings. The zero-order valence-corrected chi connectivity index (χ0v) is 12.4. The van der Waals surface area contributed by atoms with Gasteiger partial charge in [0.2, 0.25) is 0 Å². The number of thioether (sulfide) groups is 1. The number of hydrogen-bond donors (Lipinski definition) is 1. The molecule has 0 bridgehead atoms. The van der Waals surface area contributed by atoms with Gasteiger partial charge in [0.1, 0.15) is 0 Å². The molecule has 0 fully saturated rings. The lowest BCUT2D eigenvalue weighted by Crippen LogP contribution is -2.29. The van der Waals surface area contributed by atoms with E-state index in [1.54, 1.807) is 0 Å². The first-order valence-corrected chi connectivity index (χ1v) is 7.78. The van der Waals surface area contributed by atoms with Crippen LogP contribution in [0.2, 0.25) is 5.02 Å². The first kappa shape index (κ1) is 13.8. The van der Waals surface area contributed by atoms with Crippen molar-refractivity contribution in [2.45, 2.75) is 38.8 Å². The number of nitrogens with zero attached hydrogens (tertiary/aromatic N) is 1. The summed E-state index contributed by atoms with van der Waals surface area (Å²) >= 11 is 7.83. The van der Waals surface area contributed by atoms with Crippen LogP contribution in [0.25, 0.3) is 0 Å². The quantitative estimate of drug-likeness (QED) is 0.896. The largest absolute Gasteiger partial charge is 0.358 e. The maximum absolute atomic E-state index is 6.01. The van der Waals surface area contributed by atoms with E-state index >= 15 is 0 Å². The Bertz CT molecular complexity index is 434. The van der Waals surface area contributed by atoms with Crippen LogP contribution in [0.15, 0.2) is 29.3 Å². The second-order valence-electron chi connectivity index (χ2n) is 4.55. The van der Waals surface area contributed by atoms with E-state index in [0.29, 0.717) is 6.04 Å². The fourth-order valence-corrected chi connectivity index (χ4v) is 3.24. The number of aliphatic imine (C=N–C) groups is 1. The maximum Gasteiger partial charge on any atom is 0.157 e. The van der Waals surface area contributed by atoms with Crippen molar-refractivity contribution in [2.24, 2.45) is 4.99 Å². The van der Waals surface area contributed by atoms with Gasteiger partial charge in [-0.25, -0.2) is 0 Å². The Hall–Kier alpha value is -0.670. The molecule has 2 unspecified atom stereocenters. The van der Waals surface area contributed by atoms with Crippen LogP contribution in [0.1, 0.15) is 38.3 Å². The van der Waals surface area contributed by atoms with Crippen LogP contribution >= 0.6 is 23.4 Å². The molecule has 1 aromatic carbocycles. The van der Waals surface area contributed by atoms with Crippen LogP contribution < -0.4 is 5.32 Å². The second kappa shape index (κ2) is 6.48. The molecule has 0 aliphatic carbocycles. The molecule has 2 nitrogen and oxygen atoms in total. The Labute approximate surface area is 118 Å². The molecule has 1 heterocycles. The monoisotopic (exact) mass is 282 g/mol. The molecule has 1 N–H and O–H groups in total. The summed E-state index contributed by atoms with van der Waals surface area (Å²) in [6, 6.07) is 8.71. The average Bonchev–Trinajstić information content (AvgIpc) is 2.39. The highest BCUT2D eigenvalue weighted by molar-refractivity contribution is 8.13. The van der Waals surface area contributed by atoms with Crippen molar-refractivity contribution in [3.63, 3.8) is 0 Å². The van der Waals surface area contributed by atoms with E-state index in [2.05, 4.69) is 25.2 Å². The van der Waals surface area contributed by atoms with Gasteiger partial charge in [0.05, 0.1) is 12.1 Å². The zero-order chi connectivity index (χ0) is 13.0. The zero-order valence-electron chi connectivity index (χ0n) is 10.8. The van der Waals surface area contributed by atoms with Crippen molar-refractivity contribution in [3.05, 3.63) is 34.9 Å². The van der Waals surface area contributed by atoms with Gasteiger partial charge in [-0.05, 0) is 37.5 Å². The second-order valence-corrected chi connectivity index (χ2v) is 6.07. The van der Waals surface area contributed by atoms with Crippen molar-refractivity contribution >= 4 is 28.5 Å². The predicted molar refractivity (Wildman–Crippen MR) is 81.6 cm³/mol. The Morgan fingerprint density at radius 1 is 1.56 bits per heavy atom. The van der Waals surface area contributed by atoms with Gasteiger partial charge in [0.15, 0.2) is 5.17 Å². The third-order valence-corrected chi connectivity index (χ3v) is 4.32. The molecular formula is C14H19ClN2S. The van der Waals surface area contributed by atoms with Crippen LogP contribution in [0.4, 0.5) is 0 Å². The molecule has 0 radical (unpaired) electrons. The minimum atomic E-state index is 0.241. The maximum atomic E-state index is 6.01. The third-order valence-electron chi connectivity index (χ3n) is 3.15. The molecule has 0 aromatic heterocycles. The standard InChI is InChI=1S/C14H19ClN2S/c1-3-13-7-8-18-14(17-13)16-10(2)11-5-4-6-12(15)9-11/h4-6,9-10,13H,3,7-8H2,1-2H3,(H,16,17). The lowest BCUT2D eigenvalue weighted by atomic mass is 10.1. The van der Waals surface area contributed by atoms with Crippen molar-refractivity contribution in [1.29, 1.82) is 0 Å². The number of hydrogen-bond acceptors (Lipinski definition) is 3. The van der Waals surface area contributed by atoms with E-state index in [9.17, 15) is 0 Å². The van der Waals surface area contributed by atoms with E-state index in [-0.39, 0.29) is 6.04 Å². The SMILES string of the molecule is CCC1CCSC(NC(C)c2cccc(Cl)c2)=N1. The van der Waals surface area contributed by atoms with Crippen LogP contribution in [0.5, 0.6) is 0 Å². The summed E-state index contributed by atoms with van der Waals surface area (Å²) < 4.78 is 0. The Morgan fingerprint density at radius 2 is 2.39 bits per heavy atom. The van der Waals surface area contributed by atoms with Crippen LogP contribution in [0.3, 0.4) is 0 Å². The average molecular weight is 283 g/mol. The molecule has 4 heteroatoms. The van der Waals surface area contributed by atoms with Gasteiger partial charge in [0.25, 0.3) is 0 Å². The third kappa shape index (κ3) is 3.66. The smallest absolute Gasteiger partial charge is 0.157 e. The molecule has 0 amide bonds. The predicted octanol–water partition coefficient (Wildman–Crippen LogP) is 4.26. The van der Waals surface area contributed by atoms with Crippen molar-refractivity contribution in [3.8, 4) is 0 Å². The van der Waals surface area contributed by atoms with E-state index in [4.69, 9.17) is 16.6 Å². The van der Waals surface area contributed by atoms with Gasteiger partial charge in [-0.1, -0.05) is 42.4 Å². The fraction of sp³-hybridized carbons (Fsp3) is 0.500. The summed E-state index contributed by atoms with van der Waals surface area (Å²) in [5, 5.41) is 5.33. The highest BCUT2D eigenvalue weighted by Gasteiger charge is 2.16. The Kier molecular flexibility index (Phi) is 4.95. The molecule has 0 saturated heterocycles. The molecule has 1 aliphatic heterocycles. The fourth-order valence-electron chi connectivity index (χ4n) is 1.98. The first-order chi connectivity index (χ1) is 8.69. The molecule has 2 atom stereocenters. The molecule has 1 aromatic rings. The molecule has 0 spiro atoms. The highest BCUT2D eigenvalue weighted by atomic mass is 35.5. The van der Waals surface area contributed by atoms with E-state index in [1.165, 1.54) is 12.0 Å². The van der Waals surface area contributed by atoms with Crippen LogP contribution in [-0.2, 0) is 0 Å². The number of rotatable bonds is 3. The van der Waals surface area contributed by atoms with Crippen molar-refractivity contribution in [2.75, 3.05) is 5.75 Å². The lowest BCUT2D eigenvalue weighted by Gasteiger charge is -2.23. The normalized spacial score (nSPS) is 21.3. The summed E-state index contributed by atoms with van der Waals surface area (Å²) in [4.78, 5) is 4.72. The highest BCUT2D eigenvalue weighted by Crippen LogP contribution is 2.22. The van der Waals surface area contributed by atoms with Crippen LogP contribution in [0, 0.1) is 0 Å². The number of nitrogens with one attached hydrogen (secondary N) is 1. The Morgan fingerprint density at radius 3 is 3.11 bits per heavy atom. The molecule has 0 saturated carbocycles. The van der Waals surface area contributed by atoms with Gasteiger partial charge < -0.3 is 5.32 Å². The summed E-state index contributed by atoms with van der Waals surface area (Å²) in [6.07, 6.45) is 2.31. The minimum absolute atomic E-state index is 0.241. The van der Waals surface area contributed by atoms with E-state index in [1.807, 2.05) is 30.0 Å². The minimum Gasteiger partial charge on any atom is -0.358 e. The van der Waals surface area contributed by atoms with Crippen LogP contribution in [-0.4, -0.2) is 17.0 Å². The van der Waals surface area contributed by atoms with Gasteiger partial charge >= 0.3 is 0 Å². The van der Waals surface area contributed by atoms with E-state index in [0.717, 1.165) is 22.4 Å². The van der Waals surface area contributed by atoms with E-state index < -0.39 is 0 Å². The summed E-state index contributed by atoms with van der Waals surface area (Å²) in [5.74, 6) is 1.16. The molecule has 18 heavy (non-hydrogen) atoms. The molecular weight excluding hydrogens is 264 g/mol. The Balaban J connectivity index is 2.03. The van der Waals surface area contributed by atoms with Gasteiger partial charge in [-0.15, -0.1) is 0 Å². The molecule has 2 rings (SSSR count). The molecule has 98 valence electrons. The van der Waals surface area contributed by atoms with Gasteiger partial charge in [0, 0.05) is 10.8 Å². The van der Waals surface area contributed by atoms with Crippen molar-refractivity contribution < 1.29 is 0 Å². The summed E-state index contributed by atoms with van der Waals surface area (Å²) in [7, 11) is 0.